The smallest absolute Gasteiger partial charge is 0.165 e. The number of rotatable bonds is 6. The molecule has 0 spiro atoms. The van der Waals surface area contributed by atoms with Crippen molar-refractivity contribution in [3.63, 3.8) is 0 Å². The minimum Gasteiger partial charge on any atom is -0.494 e. The van der Waals surface area contributed by atoms with E-state index in [2.05, 4.69) is 19.2 Å². The largest absolute Gasteiger partial charge is 0.494 e. The fourth-order valence-corrected chi connectivity index (χ4v) is 1.96. The van der Waals surface area contributed by atoms with Crippen molar-refractivity contribution in [3.8, 4) is 5.75 Å². The first-order chi connectivity index (χ1) is 8.12. The van der Waals surface area contributed by atoms with E-state index in [1.165, 1.54) is 7.11 Å². The number of halogens is 1. The van der Waals surface area contributed by atoms with Gasteiger partial charge in [0.05, 0.1) is 7.11 Å². The number of hydrogen-bond donors (Lipinski definition) is 1. The van der Waals surface area contributed by atoms with Crippen LogP contribution in [0.15, 0.2) is 18.2 Å². The molecule has 0 heterocycles. The number of methoxy groups -OCH3 is 1. The summed E-state index contributed by atoms with van der Waals surface area (Å²) in [6, 6.07) is 5.56. The highest BCUT2D eigenvalue weighted by atomic mass is 19.1. The van der Waals surface area contributed by atoms with Crippen molar-refractivity contribution in [2.75, 3.05) is 14.2 Å². The van der Waals surface area contributed by atoms with Gasteiger partial charge in [0.1, 0.15) is 0 Å². The van der Waals surface area contributed by atoms with Crippen molar-refractivity contribution in [3.05, 3.63) is 29.6 Å². The lowest BCUT2D eigenvalue weighted by molar-refractivity contribution is 0.379. The summed E-state index contributed by atoms with van der Waals surface area (Å²) in [6.45, 7) is 4.38. The maximum atomic E-state index is 13.5. The first-order valence-corrected chi connectivity index (χ1v) is 6.12. The van der Waals surface area contributed by atoms with Crippen LogP contribution in [0.3, 0.4) is 0 Å². The van der Waals surface area contributed by atoms with Crippen molar-refractivity contribution in [1.82, 2.24) is 5.32 Å². The average molecular weight is 239 g/mol. The molecule has 0 aliphatic carbocycles. The molecule has 1 aromatic rings. The van der Waals surface area contributed by atoms with E-state index in [1.807, 2.05) is 13.1 Å². The summed E-state index contributed by atoms with van der Waals surface area (Å²) in [6.07, 6.45) is 1.95. The van der Waals surface area contributed by atoms with Crippen molar-refractivity contribution >= 4 is 0 Å². The van der Waals surface area contributed by atoms with Crippen LogP contribution in [0.25, 0.3) is 0 Å². The highest BCUT2D eigenvalue weighted by molar-refractivity contribution is 5.29. The lowest BCUT2D eigenvalue weighted by Gasteiger charge is -2.22. The first kappa shape index (κ1) is 14.0. The summed E-state index contributed by atoms with van der Waals surface area (Å²) in [5.74, 6) is 0.590. The van der Waals surface area contributed by atoms with Gasteiger partial charge in [0, 0.05) is 6.04 Å². The van der Waals surface area contributed by atoms with Crippen molar-refractivity contribution < 1.29 is 9.13 Å². The van der Waals surface area contributed by atoms with Crippen LogP contribution in [0.2, 0.25) is 0 Å². The van der Waals surface area contributed by atoms with Gasteiger partial charge in [-0.15, -0.1) is 0 Å². The summed E-state index contributed by atoms with van der Waals surface area (Å²) in [5.41, 5.74) is 1.00. The SMILES string of the molecule is CCC(C)C(Cc1ccc(OC)c(F)c1)NC. The Balaban J connectivity index is 2.76. The van der Waals surface area contributed by atoms with Crippen LogP contribution in [0.5, 0.6) is 5.75 Å². The van der Waals surface area contributed by atoms with Crippen LogP contribution < -0.4 is 10.1 Å². The minimum atomic E-state index is -0.288. The molecule has 2 nitrogen and oxygen atoms in total. The van der Waals surface area contributed by atoms with Crippen molar-refractivity contribution in [1.29, 1.82) is 0 Å². The van der Waals surface area contributed by atoms with Crippen LogP contribution in [-0.4, -0.2) is 20.2 Å². The highest BCUT2D eigenvalue weighted by Crippen LogP contribution is 2.20. The third-order valence-corrected chi connectivity index (χ3v) is 3.37. The predicted octanol–water partition coefficient (Wildman–Crippen LogP) is 3.01. The molecule has 0 fully saturated rings. The molecule has 0 aliphatic heterocycles. The molecule has 3 heteroatoms. The molecule has 2 atom stereocenters. The molecule has 0 amide bonds. The van der Waals surface area contributed by atoms with E-state index in [0.29, 0.717) is 17.7 Å². The number of hydrogen-bond acceptors (Lipinski definition) is 2. The summed E-state index contributed by atoms with van der Waals surface area (Å²) < 4.78 is 18.5. The first-order valence-electron chi connectivity index (χ1n) is 6.12. The van der Waals surface area contributed by atoms with Crippen molar-refractivity contribution in [2.24, 2.45) is 5.92 Å². The van der Waals surface area contributed by atoms with Gasteiger partial charge in [0.25, 0.3) is 0 Å². The third-order valence-electron chi connectivity index (χ3n) is 3.37. The summed E-state index contributed by atoms with van der Waals surface area (Å²) in [4.78, 5) is 0. The van der Waals surface area contributed by atoms with E-state index in [0.717, 1.165) is 18.4 Å². The molecule has 0 aliphatic rings. The average Bonchev–Trinajstić information content (AvgIpc) is 2.35. The molecule has 1 rings (SSSR count). The normalized spacial score (nSPS) is 14.4. The maximum absolute atomic E-state index is 13.5. The molecule has 0 saturated heterocycles. The zero-order chi connectivity index (χ0) is 12.8. The van der Waals surface area contributed by atoms with Crippen LogP contribution in [-0.2, 0) is 6.42 Å². The van der Waals surface area contributed by atoms with Crippen LogP contribution in [0.1, 0.15) is 25.8 Å². The third kappa shape index (κ3) is 3.70. The Morgan fingerprint density at radius 1 is 1.41 bits per heavy atom. The number of ether oxygens (including phenoxy) is 1. The molecule has 96 valence electrons. The molecule has 0 radical (unpaired) electrons. The fraction of sp³-hybridized carbons (Fsp3) is 0.571. The molecule has 1 aromatic carbocycles. The van der Waals surface area contributed by atoms with Gasteiger partial charge < -0.3 is 10.1 Å². The number of likely N-dealkylation sites (N-methyl/N-ethyl adjacent to an activating group) is 1. The molecular weight excluding hydrogens is 217 g/mol. The minimum absolute atomic E-state index is 0.288. The lowest BCUT2D eigenvalue weighted by atomic mass is 9.93. The van der Waals surface area contributed by atoms with E-state index in [9.17, 15) is 4.39 Å². The topological polar surface area (TPSA) is 21.3 Å². The van der Waals surface area contributed by atoms with E-state index < -0.39 is 0 Å². The van der Waals surface area contributed by atoms with Crippen LogP contribution in [0, 0.1) is 11.7 Å². The molecule has 2 unspecified atom stereocenters. The van der Waals surface area contributed by atoms with Gasteiger partial charge in [-0.1, -0.05) is 26.3 Å². The van der Waals surface area contributed by atoms with Gasteiger partial charge in [0.15, 0.2) is 11.6 Å². The van der Waals surface area contributed by atoms with Crippen LogP contribution in [0.4, 0.5) is 4.39 Å². The second-order valence-corrected chi connectivity index (χ2v) is 4.45. The molecule has 0 saturated carbocycles. The lowest BCUT2D eigenvalue weighted by Crippen LogP contribution is -2.33. The Hall–Kier alpha value is -1.09. The zero-order valence-electron chi connectivity index (χ0n) is 11.1. The van der Waals surface area contributed by atoms with Gasteiger partial charge in [0.2, 0.25) is 0 Å². The summed E-state index contributed by atoms with van der Waals surface area (Å²) in [7, 11) is 3.43. The molecule has 1 N–H and O–H groups in total. The number of benzene rings is 1. The Morgan fingerprint density at radius 3 is 2.59 bits per heavy atom. The Labute approximate surface area is 103 Å². The Bertz CT molecular complexity index is 354. The van der Waals surface area contributed by atoms with E-state index in [1.54, 1.807) is 12.1 Å². The fourth-order valence-electron chi connectivity index (χ4n) is 1.96. The van der Waals surface area contributed by atoms with E-state index in [4.69, 9.17) is 4.74 Å². The van der Waals surface area contributed by atoms with Crippen molar-refractivity contribution in [2.45, 2.75) is 32.7 Å². The predicted molar refractivity (Wildman–Crippen MR) is 69.0 cm³/mol. The van der Waals surface area contributed by atoms with Gasteiger partial charge in [-0.25, -0.2) is 4.39 Å². The number of nitrogens with one attached hydrogen (secondary N) is 1. The Morgan fingerprint density at radius 2 is 2.12 bits per heavy atom. The quantitative estimate of drug-likeness (QED) is 0.824. The second kappa shape index (κ2) is 6.60. The van der Waals surface area contributed by atoms with Gasteiger partial charge in [-0.05, 0) is 37.1 Å². The summed E-state index contributed by atoms with van der Waals surface area (Å²) >= 11 is 0. The second-order valence-electron chi connectivity index (χ2n) is 4.45. The molecule has 0 aromatic heterocycles. The van der Waals surface area contributed by atoms with Gasteiger partial charge in [-0.3, -0.25) is 0 Å². The molecule has 17 heavy (non-hydrogen) atoms. The van der Waals surface area contributed by atoms with E-state index in [-0.39, 0.29) is 5.82 Å². The standard InChI is InChI=1S/C14H22FNO/c1-5-10(2)13(16-3)9-11-6-7-14(17-4)12(15)8-11/h6-8,10,13,16H,5,9H2,1-4H3. The van der Waals surface area contributed by atoms with Gasteiger partial charge in [-0.2, -0.15) is 0 Å². The maximum Gasteiger partial charge on any atom is 0.165 e. The summed E-state index contributed by atoms with van der Waals surface area (Å²) in [5, 5.41) is 3.30. The van der Waals surface area contributed by atoms with Gasteiger partial charge >= 0.3 is 0 Å². The molecular formula is C14H22FNO. The Kier molecular flexibility index (Phi) is 5.42. The highest BCUT2D eigenvalue weighted by Gasteiger charge is 2.15. The zero-order valence-corrected chi connectivity index (χ0v) is 11.1. The molecule has 0 bridgehead atoms. The van der Waals surface area contributed by atoms with Crippen LogP contribution >= 0.6 is 0 Å². The monoisotopic (exact) mass is 239 g/mol. The van der Waals surface area contributed by atoms with E-state index >= 15 is 0 Å².